The fourth-order valence-corrected chi connectivity index (χ4v) is 3.75. The summed E-state index contributed by atoms with van der Waals surface area (Å²) in [5.74, 6) is -2.34. The highest BCUT2D eigenvalue weighted by Crippen LogP contribution is 2.24. The number of nitrogens with one attached hydrogen (secondary N) is 3. The lowest BCUT2D eigenvalue weighted by Crippen LogP contribution is -2.36. The predicted octanol–water partition coefficient (Wildman–Crippen LogP) is 5.53. The number of rotatable bonds is 4. The first-order valence-electron chi connectivity index (χ1n) is 10.3. The van der Waals surface area contributed by atoms with Crippen molar-refractivity contribution in [1.82, 2.24) is 4.68 Å². The number of amides is 3. The lowest BCUT2D eigenvalue weighted by Gasteiger charge is -2.13. The van der Waals surface area contributed by atoms with Crippen molar-refractivity contribution in [3.63, 3.8) is 0 Å². The van der Waals surface area contributed by atoms with Crippen LogP contribution >= 0.6 is 23.2 Å². The molecular weight excluding hydrogens is 475 g/mol. The fourth-order valence-electron chi connectivity index (χ4n) is 3.38. The summed E-state index contributed by atoms with van der Waals surface area (Å²) < 4.78 is 1.27. The molecule has 1 heterocycles. The van der Waals surface area contributed by atoms with Crippen LogP contribution in [0.3, 0.4) is 0 Å². The Balaban J connectivity index is 1.63. The lowest BCUT2D eigenvalue weighted by atomic mass is 10.2. The maximum absolute atomic E-state index is 13.1. The summed E-state index contributed by atoms with van der Waals surface area (Å²) in [7, 11) is 0. The maximum atomic E-state index is 13.1. The van der Waals surface area contributed by atoms with Crippen LogP contribution in [0.2, 0.25) is 10.0 Å². The molecule has 3 amide bonds. The highest BCUT2D eigenvalue weighted by molar-refractivity contribution is 6.42. The highest BCUT2D eigenvalue weighted by Gasteiger charge is 2.21. The van der Waals surface area contributed by atoms with Crippen molar-refractivity contribution in [3.05, 3.63) is 93.6 Å². The molecule has 0 saturated heterocycles. The number of anilines is 2. The van der Waals surface area contributed by atoms with Crippen LogP contribution in [0, 0.1) is 13.8 Å². The number of para-hydroxylation sites is 1. The number of halogens is 2. The van der Waals surface area contributed by atoms with Gasteiger partial charge in [-0.15, -0.1) is 0 Å². The van der Waals surface area contributed by atoms with E-state index in [1.54, 1.807) is 54.6 Å². The molecule has 1 aromatic heterocycles. The number of benzene rings is 3. The number of aromatic nitrogens is 1. The number of carbonyl (C=O) groups excluding carboxylic acids is 3. The smallest absolute Gasteiger partial charge is 0.320 e. The number of nitrogens with zero attached hydrogens (tertiary/aromatic N) is 1. The molecule has 0 spiro atoms. The molecule has 4 rings (SSSR count). The SMILES string of the molecule is Cc1ccc(NC(=O)C(=O)Nn2c(C(=O)Nc3ccccc3C)cc3cc(Cl)ccc32)cc1Cl. The monoisotopic (exact) mass is 494 g/mol. The van der Waals surface area contributed by atoms with Crippen LogP contribution in [-0.4, -0.2) is 22.4 Å². The number of hydrogen-bond donors (Lipinski definition) is 3. The second-order valence-corrected chi connectivity index (χ2v) is 8.54. The van der Waals surface area contributed by atoms with Gasteiger partial charge < -0.3 is 10.6 Å². The molecule has 0 bridgehead atoms. The molecule has 0 aliphatic heterocycles. The van der Waals surface area contributed by atoms with E-state index in [9.17, 15) is 14.4 Å². The Morgan fingerprint density at radius 2 is 1.56 bits per heavy atom. The Hall–Kier alpha value is -3.81. The van der Waals surface area contributed by atoms with Gasteiger partial charge in [-0.1, -0.05) is 47.5 Å². The Labute approximate surface area is 205 Å². The van der Waals surface area contributed by atoms with Gasteiger partial charge in [0.2, 0.25) is 0 Å². The van der Waals surface area contributed by atoms with E-state index in [4.69, 9.17) is 23.2 Å². The van der Waals surface area contributed by atoms with Crippen LogP contribution in [0.5, 0.6) is 0 Å². The average molecular weight is 495 g/mol. The molecule has 3 N–H and O–H groups in total. The molecule has 0 radical (unpaired) electrons. The largest absolute Gasteiger partial charge is 0.328 e. The number of hydrogen-bond acceptors (Lipinski definition) is 3. The third-order valence-electron chi connectivity index (χ3n) is 5.24. The zero-order chi connectivity index (χ0) is 24.4. The lowest BCUT2D eigenvalue weighted by molar-refractivity contribution is -0.133. The van der Waals surface area contributed by atoms with E-state index < -0.39 is 17.7 Å². The number of carbonyl (C=O) groups is 3. The predicted molar refractivity (Wildman–Crippen MR) is 135 cm³/mol. The summed E-state index contributed by atoms with van der Waals surface area (Å²) in [6, 6.07) is 18.8. The first-order valence-corrected chi connectivity index (χ1v) is 11.0. The molecule has 3 aromatic carbocycles. The van der Waals surface area contributed by atoms with Crippen LogP contribution in [0.1, 0.15) is 21.6 Å². The molecule has 0 aliphatic carbocycles. The minimum absolute atomic E-state index is 0.125. The van der Waals surface area contributed by atoms with Gasteiger partial charge in [0.05, 0.1) is 5.52 Å². The number of fused-ring (bicyclic) bond motifs is 1. The Morgan fingerprint density at radius 3 is 2.29 bits per heavy atom. The van der Waals surface area contributed by atoms with Crippen LogP contribution in [0.4, 0.5) is 11.4 Å². The fraction of sp³-hybridized carbons (Fsp3) is 0.0800. The molecule has 0 fully saturated rings. The first kappa shape index (κ1) is 23.4. The van der Waals surface area contributed by atoms with E-state index in [-0.39, 0.29) is 5.69 Å². The maximum Gasteiger partial charge on any atom is 0.328 e. The van der Waals surface area contributed by atoms with Gasteiger partial charge in [0.25, 0.3) is 5.91 Å². The van der Waals surface area contributed by atoms with Gasteiger partial charge in [-0.05, 0) is 67.4 Å². The zero-order valence-corrected chi connectivity index (χ0v) is 19.8. The van der Waals surface area contributed by atoms with Gasteiger partial charge >= 0.3 is 11.8 Å². The van der Waals surface area contributed by atoms with Gasteiger partial charge in [-0.25, -0.2) is 4.68 Å². The number of aryl methyl sites for hydroxylation is 2. The molecule has 4 aromatic rings. The Bertz CT molecular complexity index is 1450. The second-order valence-electron chi connectivity index (χ2n) is 7.70. The van der Waals surface area contributed by atoms with Crippen molar-refractivity contribution in [3.8, 4) is 0 Å². The zero-order valence-electron chi connectivity index (χ0n) is 18.3. The van der Waals surface area contributed by atoms with E-state index in [1.165, 1.54) is 4.68 Å². The van der Waals surface area contributed by atoms with Gasteiger partial charge in [0.15, 0.2) is 0 Å². The average Bonchev–Trinajstić information content (AvgIpc) is 3.15. The molecule has 0 saturated carbocycles. The van der Waals surface area contributed by atoms with Crippen LogP contribution in [0.25, 0.3) is 10.9 Å². The Morgan fingerprint density at radius 1 is 0.794 bits per heavy atom. The molecule has 0 unspecified atom stereocenters. The third kappa shape index (κ3) is 4.90. The van der Waals surface area contributed by atoms with Gasteiger partial charge in [-0.2, -0.15) is 0 Å². The van der Waals surface area contributed by atoms with Crippen LogP contribution in [0.15, 0.2) is 66.7 Å². The van der Waals surface area contributed by atoms with Crippen LogP contribution < -0.4 is 16.1 Å². The van der Waals surface area contributed by atoms with E-state index in [1.807, 2.05) is 26.0 Å². The van der Waals surface area contributed by atoms with Crippen molar-refractivity contribution in [2.45, 2.75) is 13.8 Å². The summed E-state index contributed by atoms with van der Waals surface area (Å²) in [4.78, 5) is 38.4. The highest BCUT2D eigenvalue weighted by atomic mass is 35.5. The van der Waals surface area contributed by atoms with Crippen molar-refractivity contribution < 1.29 is 14.4 Å². The van der Waals surface area contributed by atoms with Crippen molar-refractivity contribution in [1.29, 1.82) is 0 Å². The molecule has 172 valence electrons. The summed E-state index contributed by atoms with van der Waals surface area (Å²) in [5.41, 5.74) is 5.85. The van der Waals surface area contributed by atoms with Gasteiger partial charge in [0.1, 0.15) is 5.69 Å². The minimum Gasteiger partial charge on any atom is -0.320 e. The standard InChI is InChI=1S/C25H20Cl2N4O3/c1-14-7-9-18(13-19(14)27)28-24(33)25(34)30-31-21-10-8-17(26)11-16(21)12-22(31)23(32)29-20-6-4-3-5-15(20)2/h3-13H,1-2H3,(H,28,33)(H,29,32)(H,30,34). The van der Waals surface area contributed by atoms with E-state index in [0.717, 1.165) is 11.1 Å². The molecular formula is C25H20Cl2N4O3. The van der Waals surface area contributed by atoms with E-state index in [0.29, 0.717) is 32.3 Å². The van der Waals surface area contributed by atoms with Crippen molar-refractivity contribution in [2.24, 2.45) is 0 Å². The molecule has 34 heavy (non-hydrogen) atoms. The third-order valence-corrected chi connectivity index (χ3v) is 5.88. The Kier molecular flexibility index (Phi) is 6.58. The molecule has 0 aliphatic rings. The van der Waals surface area contributed by atoms with E-state index in [2.05, 4.69) is 16.1 Å². The van der Waals surface area contributed by atoms with Crippen LogP contribution in [-0.2, 0) is 9.59 Å². The summed E-state index contributed by atoms with van der Waals surface area (Å²) >= 11 is 12.2. The molecule has 9 heteroatoms. The topological polar surface area (TPSA) is 92.2 Å². The summed E-state index contributed by atoms with van der Waals surface area (Å²) in [6.07, 6.45) is 0. The normalized spacial score (nSPS) is 10.7. The minimum atomic E-state index is -0.964. The van der Waals surface area contributed by atoms with Crippen molar-refractivity contribution in [2.75, 3.05) is 16.1 Å². The van der Waals surface area contributed by atoms with Gasteiger partial charge in [0, 0.05) is 26.8 Å². The van der Waals surface area contributed by atoms with Gasteiger partial charge in [-0.3, -0.25) is 19.8 Å². The molecule has 7 nitrogen and oxygen atoms in total. The quantitative estimate of drug-likeness (QED) is 0.326. The second kappa shape index (κ2) is 9.59. The summed E-state index contributed by atoms with van der Waals surface area (Å²) in [6.45, 7) is 3.70. The molecule has 0 atom stereocenters. The first-order chi connectivity index (χ1) is 16.2. The van der Waals surface area contributed by atoms with E-state index >= 15 is 0 Å². The summed E-state index contributed by atoms with van der Waals surface area (Å²) in [5, 5.41) is 6.89. The van der Waals surface area contributed by atoms with Crippen molar-refractivity contribution >= 4 is 63.2 Å².